The van der Waals surface area contributed by atoms with Gasteiger partial charge in [0.2, 0.25) is 5.95 Å². The number of hydrogen-bond donors (Lipinski definition) is 1. The van der Waals surface area contributed by atoms with Crippen molar-refractivity contribution in [2.24, 2.45) is 0 Å². The molecule has 4 rings (SSSR count). The number of nitrogens with one attached hydrogen (secondary N) is 1. The zero-order valence-corrected chi connectivity index (χ0v) is 12.4. The van der Waals surface area contributed by atoms with E-state index in [1.54, 1.807) is 0 Å². The molecule has 0 bridgehead atoms. The highest BCUT2D eigenvalue weighted by atomic mass is 35.5. The van der Waals surface area contributed by atoms with Gasteiger partial charge in [0.25, 0.3) is 0 Å². The van der Waals surface area contributed by atoms with Crippen molar-refractivity contribution in [1.29, 1.82) is 0 Å². The maximum absolute atomic E-state index is 6.06. The van der Waals surface area contributed by atoms with E-state index < -0.39 is 0 Å². The smallest absolute Gasteiger partial charge is 0.222 e. The van der Waals surface area contributed by atoms with Crippen LogP contribution in [-0.4, -0.2) is 34.0 Å². The van der Waals surface area contributed by atoms with Gasteiger partial charge in [-0.1, -0.05) is 23.7 Å². The number of hydrogen-bond acceptors (Lipinski definition) is 4. The fourth-order valence-electron chi connectivity index (χ4n) is 3.13. The van der Waals surface area contributed by atoms with E-state index >= 15 is 0 Å². The maximum atomic E-state index is 6.06. The lowest BCUT2D eigenvalue weighted by Crippen LogP contribution is -2.32. The Morgan fingerprint density at radius 1 is 1.33 bits per heavy atom. The normalized spacial score (nSPS) is 24.6. The van der Waals surface area contributed by atoms with Crippen molar-refractivity contribution >= 4 is 17.5 Å². The minimum absolute atomic E-state index is 0.264. The Kier molecular flexibility index (Phi) is 3.31. The van der Waals surface area contributed by atoms with Gasteiger partial charge < -0.3 is 10.1 Å². The molecule has 0 amide bonds. The summed E-state index contributed by atoms with van der Waals surface area (Å²) in [5.74, 6) is 1.54. The molecule has 0 spiro atoms. The summed E-state index contributed by atoms with van der Waals surface area (Å²) in [7, 11) is 0. The van der Waals surface area contributed by atoms with Crippen LogP contribution in [0.25, 0.3) is 11.4 Å². The van der Waals surface area contributed by atoms with Crippen LogP contribution in [0.3, 0.4) is 0 Å². The molecule has 2 aromatic rings. The first-order valence-corrected chi connectivity index (χ1v) is 7.77. The van der Waals surface area contributed by atoms with E-state index in [9.17, 15) is 0 Å². The minimum atomic E-state index is 0.264. The molecule has 21 heavy (non-hydrogen) atoms. The van der Waals surface area contributed by atoms with Crippen LogP contribution in [0.4, 0.5) is 5.95 Å². The predicted molar refractivity (Wildman–Crippen MR) is 81.6 cm³/mol. The molecule has 2 unspecified atom stereocenters. The Labute approximate surface area is 128 Å². The van der Waals surface area contributed by atoms with Gasteiger partial charge >= 0.3 is 0 Å². The molecule has 1 aromatic carbocycles. The molecule has 1 fully saturated rings. The number of aromatic nitrogens is 3. The molecule has 0 saturated carbocycles. The number of halogens is 1. The van der Waals surface area contributed by atoms with Gasteiger partial charge in [-0.15, -0.1) is 5.10 Å². The van der Waals surface area contributed by atoms with Gasteiger partial charge in [0.15, 0.2) is 5.82 Å². The first-order valence-electron chi connectivity index (χ1n) is 7.39. The third kappa shape index (κ3) is 2.40. The first kappa shape index (κ1) is 13.1. The summed E-state index contributed by atoms with van der Waals surface area (Å²) in [6.45, 7) is 1.78. The zero-order valence-electron chi connectivity index (χ0n) is 11.6. The summed E-state index contributed by atoms with van der Waals surface area (Å²) in [5.41, 5.74) is 0.942. The highest BCUT2D eigenvalue weighted by molar-refractivity contribution is 6.30. The first-order chi connectivity index (χ1) is 10.3. The Morgan fingerprint density at radius 2 is 2.29 bits per heavy atom. The van der Waals surface area contributed by atoms with Crippen molar-refractivity contribution in [3.8, 4) is 11.4 Å². The zero-order chi connectivity index (χ0) is 14.2. The third-order valence-electron chi connectivity index (χ3n) is 4.15. The van der Waals surface area contributed by atoms with Gasteiger partial charge in [-0.3, -0.25) is 0 Å². The van der Waals surface area contributed by atoms with Gasteiger partial charge in [-0.2, -0.15) is 4.98 Å². The van der Waals surface area contributed by atoms with Crippen LogP contribution in [0.15, 0.2) is 24.3 Å². The quantitative estimate of drug-likeness (QED) is 0.926. The van der Waals surface area contributed by atoms with Gasteiger partial charge in [-0.25, -0.2) is 4.68 Å². The van der Waals surface area contributed by atoms with E-state index in [-0.39, 0.29) is 12.1 Å². The van der Waals surface area contributed by atoms with Crippen molar-refractivity contribution in [2.45, 2.75) is 31.4 Å². The van der Waals surface area contributed by atoms with E-state index in [2.05, 4.69) is 10.3 Å². The number of anilines is 1. The highest BCUT2D eigenvalue weighted by Gasteiger charge is 2.32. The second-order valence-corrected chi connectivity index (χ2v) is 5.98. The molecule has 1 aromatic heterocycles. The van der Waals surface area contributed by atoms with Crippen molar-refractivity contribution < 1.29 is 4.74 Å². The number of rotatable bonds is 2. The topological polar surface area (TPSA) is 52.0 Å². The summed E-state index contributed by atoms with van der Waals surface area (Å²) in [6.07, 6.45) is 3.53. The number of fused-ring (bicyclic) bond motifs is 1. The second kappa shape index (κ2) is 5.31. The van der Waals surface area contributed by atoms with Crippen LogP contribution >= 0.6 is 11.6 Å². The van der Waals surface area contributed by atoms with Gasteiger partial charge in [0.05, 0.1) is 12.1 Å². The molecule has 2 aliphatic heterocycles. The van der Waals surface area contributed by atoms with Crippen LogP contribution in [0.5, 0.6) is 0 Å². The summed E-state index contributed by atoms with van der Waals surface area (Å²) < 4.78 is 7.84. The SMILES string of the molecule is Clc1cccc(-c2nc3n(n2)C(C2CCCO2)CCN3)c1. The van der Waals surface area contributed by atoms with E-state index in [0.717, 1.165) is 43.9 Å². The molecule has 2 aliphatic rings. The predicted octanol–water partition coefficient (Wildman–Crippen LogP) is 3.13. The van der Waals surface area contributed by atoms with E-state index in [0.29, 0.717) is 10.8 Å². The minimum Gasteiger partial charge on any atom is -0.376 e. The summed E-state index contributed by atoms with van der Waals surface area (Å²) in [5, 5.41) is 8.71. The van der Waals surface area contributed by atoms with Crippen LogP contribution in [0.1, 0.15) is 25.3 Å². The van der Waals surface area contributed by atoms with Crippen LogP contribution in [-0.2, 0) is 4.74 Å². The van der Waals surface area contributed by atoms with E-state index in [1.165, 1.54) is 0 Å². The van der Waals surface area contributed by atoms with E-state index in [1.807, 2.05) is 28.9 Å². The fraction of sp³-hybridized carbons (Fsp3) is 0.467. The molecule has 110 valence electrons. The Morgan fingerprint density at radius 3 is 3.10 bits per heavy atom. The Bertz CT molecular complexity index is 651. The summed E-state index contributed by atoms with van der Waals surface area (Å²) in [6, 6.07) is 7.93. The largest absolute Gasteiger partial charge is 0.376 e. The Hall–Kier alpha value is -1.59. The molecule has 6 heteroatoms. The molecule has 3 heterocycles. The summed E-state index contributed by atoms with van der Waals surface area (Å²) >= 11 is 6.06. The number of ether oxygens (including phenoxy) is 1. The van der Waals surface area contributed by atoms with E-state index in [4.69, 9.17) is 21.4 Å². The van der Waals surface area contributed by atoms with Crippen molar-refractivity contribution in [2.75, 3.05) is 18.5 Å². The third-order valence-corrected chi connectivity index (χ3v) is 4.38. The lowest BCUT2D eigenvalue weighted by Gasteiger charge is -2.28. The lowest BCUT2D eigenvalue weighted by molar-refractivity contribution is 0.0591. The standard InChI is InChI=1S/C15H17ClN4O/c16-11-4-1-3-10(9-11)14-18-15-17-7-6-12(20(15)19-14)13-5-2-8-21-13/h1,3-4,9,12-13H,2,5-8H2,(H,17,18,19). The molecule has 2 atom stereocenters. The number of benzene rings is 1. The monoisotopic (exact) mass is 304 g/mol. The molecular weight excluding hydrogens is 288 g/mol. The average molecular weight is 305 g/mol. The van der Waals surface area contributed by atoms with Crippen LogP contribution in [0.2, 0.25) is 5.02 Å². The molecule has 1 N–H and O–H groups in total. The van der Waals surface area contributed by atoms with Crippen LogP contribution < -0.4 is 5.32 Å². The molecule has 0 radical (unpaired) electrons. The average Bonchev–Trinajstić information content (AvgIpc) is 3.16. The summed E-state index contributed by atoms with van der Waals surface area (Å²) in [4.78, 5) is 4.61. The molecule has 0 aliphatic carbocycles. The fourth-order valence-corrected chi connectivity index (χ4v) is 3.32. The van der Waals surface area contributed by atoms with Crippen molar-refractivity contribution in [1.82, 2.24) is 14.8 Å². The van der Waals surface area contributed by atoms with Crippen molar-refractivity contribution in [3.05, 3.63) is 29.3 Å². The highest BCUT2D eigenvalue weighted by Crippen LogP contribution is 2.33. The Balaban J connectivity index is 1.70. The molecule has 1 saturated heterocycles. The van der Waals surface area contributed by atoms with Gasteiger partial charge in [-0.05, 0) is 31.4 Å². The number of nitrogens with zero attached hydrogens (tertiary/aromatic N) is 3. The lowest BCUT2D eigenvalue weighted by atomic mass is 10.0. The second-order valence-electron chi connectivity index (χ2n) is 5.55. The van der Waals surface area contributed by atoms with Gasteiger partial charge in [0.1, 0.15) is 0 Å². The van der Waals surface area contributed by atoms with Crippen LogP contribution in [0, 0.1) is 0 Å². The van der Waals surface area contributed by atoms with Gasteiger partial charge in [0, 0.05) is 23.7 Å². The maximum Gasteiger partial charge on any atom is 0.222 e. The molecular formula is C15H17ClN4O. The van der Waals surface area contributed by atoms with Crippen molar-refractivity contribution in [3.63, 3.8) is 0 Å². The molecule has 5 nitrogen and oxygen atoms in total.